The van der Waals surface area contributed by atoms with Gasteiger partial charge in [-0.2, -0.15) is 0 Å². The minimum absolute atomic E-state index is 0.0699. The highest BCUT2D eigenvalue weighted by Gasteiger charge is 2.23. The highest BCUT2D eigenvalue weighted by Crippen LogP contribution is 2.28. The van der Waals surface area contributed by atoms with Crippen LogP contribution in [0.25, 0.3) is 0 Å². The lowest BCUT2D eigenvalue weighted by Crippen LogP contribution is -2.46. The third-order valence-corrected chi connectivity index (χ3v) is 7.53. The molecule has 3 amide bonds. The number of ether oxygens (including phenoxy) is 3. The second-order valence-corrected chi connectivity index (χ2v) is 10.6. The van der Waals surface area contributed by atoms with Crippen LogP contribution in [-0.4, -0.2) is 69.3 Å². The Morgan fingerprint density at radius 1 is 0.974 bits per heavy atom. The zero-order valence-corrected chi connectivity index (χ0v) is 24.6. The molecule has 0 bridgehead atoms. The van der Waals surface area contributed by atoms with Crippen molar-refractivity contribution in [2.45, 2.75) is 19.9 Å². The Morgan fingerprint density at radius 3 is 2.42 bits per heavy atom. The Kier molecular flexibility index (Phi) is 11.4. The minimum atomic E-state index is -0.361. The summed E-state index contributed by atoms with van der Waals surface area (Å²) < 4.78 is 16.8. The van der Waals surface area contributed by atoms with Gasteiger partial charge in [0.15, 0.2) is 11.5 Å². The smallest absolute Gasteiger partial charge is 0.322 e. The number of nitrogens with one attached hydrogen (secondary N) is 1. The molecule has 1 N–H and O–H groups in total. The van der Waals surface area contributed by atoms with Gasteiger partial charge in [-0.05, 0) is 66.2 Å². The summed E-state index contributed by atoms with van der Waals surface area (Å²) in [7, 11) is 4.77. The molecule has 0 spiro atoms. The van der Waals surface area contributed by atoms with Crippen LogP contribution in [0.1, 0.15) is 16.0 Å². The minimum Gasteiger partial charge on any atom is -0.493 e. The van der Waals surface area contributed by atoms with Gasteiger partial charge in [-0.15, -0.1) is 11.3 Å². The summed E-state index contributed by atoms with van der Waals surface area (Å²) in [6.07, 6.45) is 0.624. The van der Waals surface area contributed by atoms with Gasteiger partial charge in [0.2, 0.25) is 5.91 Å². The Bertz CT molecular complexity index is 1220. The molecule has 10 heteroatoms. The number of rotatable bonds is 13. The van der Waals surface area contributed by atoms with Crippen LogP contribution in [0.5, 0.6) is 11.5 Å². The number of amides is 3. The molecule has 1 aromatic heterocycles. The number of carbonyl (C=O) groups excluding carboxylic acids is 2. The van der Waals surface area contributed by atoms with Crippen LogP contribution in [0.15, 0.2) is 58.4 Å². The van der Waals surface area contributed by atoms with Gasteiger partial charge < -0.3 is 29.3 Å². The van der Waals surface area contributed by atoms with Gasteiger partial charge in [-0.25, -0.2) is 4.79 Å². The number of halogens is 1. The number of anilines is 1. The first-order valence-electron chi connectivity index (χ1n) is 12.2. The molecule has 0 saturated carbocycles. The first-order chi connectivity index (χ1) is 18.3. The van der Waals surface area contributed by atoms with E-state index in [0.29, 0.717) is 43.3 Å². The van der Waals surface area contributed by atoms with Crippen LogP contribution in [0.2, 0.25) is 0 Å². The predicted octanol–water partition coefficient (Wildman–Crippen LogP) is 5.59. The fourth-order valence-corrected chi connectivity index (χ4v) is 5.14. The standard InChI is InChI=1S/C28H34BrN3O5S/c1-20-11-15-38-26(20)18-31(12-10-21-8-9-24(36-3)25(16-21)37-4)27(33)19-32(13-14-35-2)28(34)30-23-7-5-6-22(29)17-23/h5-9,11,15-17H,10,12-14,18-19H2,1-4H3,(H,30,34). The van der Waals surface area contributed by atoms with Gasteiger partial charge in [0.25, 0.3) is 0 Å². The second-order valence-electron chi connectivity index (χ2n) is 8.64. The van der Waals surface area contributed by atoms with Crippen molar-refractivity contribution in [3.63, 3.8) is 0 Å². The summed E-state index contributed by atoms with van der Waals surface area (Å²) >= 11 is 5.04. The maximum atomic E-state index is 13.6. The molecule has 204 valence electrons. The first kappa shape index (κ1) is 29.5. The topological polar surface area (TPSA) is 80.3 Å². The fourth-order valence-electron chi connectivity index (χ4n) is 3.82. The number of methoxy groups -OCH3 is 3. The molecule has 0 fully saturated rings. The van der Waals surface area contributed by atoms with E-state index in [2.05, 4.69) is 21.2 Å². The number of carbonyl (C=O) groups is 2. The summed E-state index contributed by atoms with van der Waals surface area (Å²) in [6, 6.07) is 14.8. The van der Waals surface area contributed by atoms with Crippen molar-refractivity contribution in [2.24, 2.45) is 0 Å². The Labute approximate surface area is 236 Å². The molecule has 0 radical (unpaired) electrons. The van der Waals surface area contributed by atoms with E-state index in [4.69, 9.17) is 14.2 Å². The van der Waals surface area contributed by atoms with Crippen molar-refractivity contribution in [1.29, 1.82) is 0 Å². The number of urea groups is 1. The lowest BCUT2D eigenvalue weighted by Gasteiger charge is -2.28. The molecule has 0 unspecified atom stereocenters. The van der Waals surface area contributed by atoms with Gasteiger partial charge in [0.05, 0.1) is 27.4 Å². The Morgan fingerprint density at radius 2 is 1.76 bits per heavy atom. The van der Waals surface area contributed by atoms with E-state index in [1.165, 1.54) is 4.90 Å². The summed E-state index contributed by atoms with van der Waals surface area (Å²) in [6.45, 7) is 3.52. The van der Waals surface area contributed by atoms with Crippen molar-refractivity contribution in [3.8, 4) is 11.5 Å². The first-order valence-corrected chi connectivity index (χ1v) is 13.8. The maximum Gasteiger partial charge on any atom is 0.322 e. The Hall–Kier alpha value is -3.08. The molecular formula is C28H34BrN3O5S. The van der Waals surface area contributed by atoms with Crippen molar-refractivity contribution in [1.82, 2.24) is 9.80 Å². The highest BCUT2D eigenvalue weighted by atomic mass is 79.9. The molecule has 3 aromatic rings. The molecule has 8 nitrogen and oxygen atoms in total. The second kappa shape index (κ2) is 14.8. The van der Waals surface area contributed by atoms with Crippen LogP contribution in [0.4, 0.5) is 10.5 Å². The molecule has 2 aromatic carbocycles. The molecule has 0 saturated heterocycles. The number of benzene rings is 2. The third kappa shape index (κ3) is 8.47. The Balaban J connectivity index is 1.76. The average Bonchev–Trinajstić information content (AvgIpc) is 3.32. The van der Waals surface area contributed by atoms with E-state index in [1.54, 1.807) is 38.7 Å². The predicted molar refractivity (Wildman–Crippen MR) is 154 cm³/mol. The molecule has 1 heterocycles. The zero-order valence-electron chi connectivity index (χ0n) is 22.2. The lowest BCUT2D eigenvalue weighted by atomic mass is 10.1. The van der Waals surface area contributed by atoms with Gasteiger partial charge in [0.1, 0.15) is 6.54 Å². The average molecular weight is 605 g/mol. The van der Waals surface area contributed by atoms with Gasteiger partial charge in [0, 0.05) is 35.2 Å². The van der Waals surface area contributed by atoms with Crippen LogP contribution >= 0.6 is 27.3 Å². The van der Waals surface area contributed by atoms with Crippen molar-refractivity contribution < 1.29 is 23.8 Å². The van der Waals surface area contributed by atoms with Crippen molar-refractivity contribution in [2.75, 3.05) is 52.9 Å². The van der Waals surface area contributed by atoms with Crippen molar-refractivity contribution in [3.05, 3.63) is 74.4 Å². The van der Waals surface area contributed by atoms with Gasteiger partial charge in [-0.1, -0.05) is 28.1 Å². The molecule has 38 heavy (non-hydrogen) atoms. The highest BCUT2D eigenvalue weighted by molar-refractivity contribution is 9.10. The lowest BCUT2D eigenvalue weighted by molar-refractivity contribution is -0.132. The van der Waals surface area contributed by atoms with Gasteiger partial charge in [-0.3, -0.25) is 4.79 Å². The number of hydrogen-bond acceptors (Lipinski definition) is 6. The van der Waals surface area contributed by atoms with Crippen molar-refractivity contribution >= 4 is 44.9 Å². The van der Waals surface area contributed by atoms with E-state index in [-0.39, 0.29) is 25.0 Å². The summed E-state index contributed by atoms with van der Waals surface area (Å²) in [5.74, 6) is 1.16. The third-order valence-electron chi connectivity index (χ3n) is 6.03. The summed E-state index contributed by atoms with van der Waals surface area (Å²) in [4.78, 5) is 31.2. The van der Waals surface area contributed by atoms with E-state index >= 15 is 0 Å². The summed E-state index contributed by atoms with van der Waals surface area (Å²) in [5.41, 5.74) is 2.80. The largest absolute Gasteiger partial charge is 0.493 e. The molecule has 0 atom stereocenters. The monoisotopic (exact) mass is 603 g/mol. The number of aryl methyl sites for hydroxylation is 1. The molecule has 0 aliphatic carbocycles. The SMILES string of the molecule is COCCN(CC(=O)N(CCc1ccc(OC)c(OC)c1)Cc1sccc1C)C(=O)Nc1cccc(Br)c1. The fraction of sp³-hybridized carbons (Fsp3) is 0.357. The van der Waals surface area contributed by atoms with Crippen LogP contribution in [-0.2, 0) is 22.5 Å². The molecule has 0 aliphatic heterocycles. The van der Waals surface area contributed by atoms with E-state index < -0.39 is 0 Å². The van der Waals surface area contributed by atoms with Gasteiger partial charge >= 0.3 is 6.03 Å². The van der Waals surface area contributed by atoms with Crippen LogP contribution in [0, 0.1) is 6.92 Å². The summed E-state index contributed by atoms with van der Waals surface area (Å²) in [5, 5.41) is 4.90. The number of thiophene rings is 1. The van der Waals surface area contributed by atoms with E-state index in [0.717, 1.165) is 20.5 Å². The van der Waals surface area contributed by atoms with Crippen LogP contribution < -0.4 is 14.8 Å². The van der Waals surface area contributed by atoms with E-state index in [9.17, 15) is 9.59 Å². The normalized spacial score (nSPS) is 10.7. The maximum absolute atomic E-state index is 13.6. The van der Waals surface area contributed by atoms with Crippen LogP contribution in [0.3, 0.4) is 0 Å². The molecule has 3 rings (SSSR count). The number of hydrogen-bond donors (Lipinski definition) is 1. The van der Waals surface area contributed by atoms with E-state index in [1.807, 2.05) is 59.7 Å². The number of nitrogens with zero attached hydrogens (tertiary/aromatic N) is 2. The molecular weight excluding hydrogens is 570 g/mol. The molecule has 0 aliphatic rings. The zero-order chi connectivity index (χ0) is 27.5. The quantitative estimate of drug-likeness (QED) is 0.275.